The third-order valence-corrected chi connectivity index (χ3v) is 3.53. The van der Waals surface area contributed by atoms with Gasteiger partial charge in [0.25, 0.3) is 0 Å². The number of aromatic nitrogens is 1. The molecule has 0 aliphatic heterocycles. The Hall–Kier alpha value is -0.990. The largest absolute Gasteiger partial charge is 0.357 e. The fourth-order valence-electron chi connectivity index (χ4n) is 2.43. The predicted molar refractivity (Wildman–Crippen MR) is 63.3 cm³/mol. The van der Waals surface area contributed by atoms with Crippen molar-refractivity contribution in [3.63, 3.8) is 0 Å². The van der Waals surface area contributed by atoms with Crippen LogP contribution >= 0.6 is 11.6 Å². The average Bonchev–Trinajstić information content (AvgIpc) is 2.58. The molecular formula is C12H13ClN2. The number of H-pyrrole nitrogens is 1. The van der Waals surface area contributed by atoms with Gasteiger partial charge in [-0.25, -0.2) is 0 Å². The van der Waals surface area contributed by atoms with Crippen molar-refractivity contribution in [2.24, 2.45) is 5.73 Å². The summed E-state index contributed by atoms with van der Waals surface area (Å²) in [5.74, 6) is 0. The standard InChI is InChI=1S/C12H13ClN2/c13-10-3-1-2-8-9-6-7(14)4-5-11(9)15-12(8)10/h1-3,7,15H,4-6,14H2. The van der Waals surface area contributed by atoms with Crippen molar-refractivity contribution in [3.8, 4) is 0 Å². The van der Waals surface area contributed by atoms with Crippen LogP contribution in [0, 0.1) is 0 Å². The maximum absolute atomic E-state index is 6.15. The number of hydrogen-bond donors (Lipinski definition) is 2. The molecule has 0 spiro atoms. The van der Waals surface area contributed by atoms with E-state index in [0.717, 1.165) is 29.8 Å². The van der Waals surface area contributed by atoms with Gasteiger partial charge in [-0.2, -0.15) is 0 Å². The van der Waals surface area contributed by atoms with Gasteiger partial charge in [-0.1, -0.05) is 23.7 Å². The second kappa shape index (κ2) is 3.26. The molecule has 3 N–H and O–H groups in total. The van der Waals surface area contributed by atoms with Gasteiger partial charge >= 0.3 is 0 Å². The molecule has 0 radical (unpaired) electrons. The molecule has 1 aromatic carbocycles. The number of nitrogens with two attached hydrogens (primary N) is 1. The van der Waals surface area contributed by atoms with Crippen LogP contribution in [0.25, 0.3) is 10.9 Å². The normalized spacial score (nSPS) is 20.5. The van der Waals surface area contributed by atoms with Gasteiger partial charge in [-0.15, -0.1) is 0 Å². The topological polar surface area (TPSA) is 41.8 Å². The first kappa shape index (κ1) is 9.25. The van der Waals surface area contributed by atoms with E-state index in [0.29, 0.717) is 6.04 Å². The van der Waals surface area contributed by atoms with Gasteiger partial charge in [0.2, 0.25) is 0 Å². The maximum atomic E-state index is 6.15. The summed E-state index contributed by atoms with van der Waals surface area (Å²) in [6, 6.07) is 6.34. The second-order valence-electron chi connectivity index (χ2n) is 4.25. The molecule has 1 aromatic heterocycles. The Morgan fingerprint density at radius 2 is 2.27 bits per heavy atom. The van der Waals surface area contributed by atoms with E-state index < -0.39 is 0 Å². The minimum Gasteiger partial charge on any atom is -0.357 e. The number of aryl methyl sites for hydroxylation is 1. The fraction of sp³-hybridized carbons (Fsp3) is 0.333. The lowest BCUT2D eigenvalue weighted by Crippen LogP contribution is -2.27. The zero-order valence-corrected chi connectivity index (χ0v) is 9.14. The zero-order chi connectivity index (χ0) is 10.4. The van der Waals surface area contributed by atoms with E-state index in [2.05, 4.69) is 11.1 Å². The summed E-state index contributed by atoms with van der Waals surface area (Å²) < 4.78 is 0. The SMILES string of the molecule is NC1CCc2[nH]c3c(Cl)cccc3c2C1. The molecule has 2 aromatic rings. The van der Waals surface area contributed by atoms with E-state index in [1.165, 1.54) is 16.6 Å². The fourth-order valence-corrected chi connectivity index (χ4v) is 2.65. The summed E-state index contributed by atoms with van der Waals surface area (Å²) in [5.41, 5.74) is 9.74. The molecule has 3 rings (SSSR count). The van der Waals surface area contributed by atoms with Gasteiger partial charge in [-0.3, -0.25) is 0 Å². The van der Waals surface area contributed by atoms with Crippen LogP contribution in [-0.2, 0) is 12.8 Å². The van der Waals surface area contributed by atoms with Crippen molar-refractivity contribution in [2.45, 2.75) is 25.3 Å². The van der Waals surface area contributed by atoms with Crippen LogP contribution in [0.5, 0.6) is 0 Å². The molecular weight excluding hydrogens is 208 g/mol. The summed E-state index contributed by atoms with van der Waals surface area (Å²) in [6.07, 6.45) is 3.08. The van der Waals surface area contributed by atoms with Crippen LogP contribution in [-0.4, -0.2) is 11.0 Å². The number of para-hydroxylation sites is 1. The maximum Gasteiger partial charge on any atom is 0.0648 e. The van der Waals surface area contributed by atoms with E-state index in [-0.39, 0.29) is 0 Å². The molecule has 78 valence electrons. The van der Waals surface area contributed by atoms with Gasteiger partial charge in [0, 0.05) is 17.1 Å². The van der Waals surface area contributed by atoms with Gasteiger partial charge in [0.05, 0.1) is 10.5 Å². The van der Waals surface area contributed by atoms with Crippen molar-refractivity contribution in [3.05, 3.63) is 34.5 Å². The van der Waals surface area contributed by atoms with Crippen LogP contribution < -0.4 is 5.73 Å². The van der Waals surface area contributed by atoms with E-state index in [9.17, 15) is 0 Å². The predicted octanol–water partition coefficient (Wildman–Crippen LogP) is 2.64. The number of rotatable bonds is 0. The summed E-state index contributed by atoms with van der Waals surface area (Å²) in [4.78, 5) is 3.42. The number of nitrogens with one attached hydrogen (secondary N) is 1. The quantitative estimate of drug-likeness (QED) is 0.704. The third-order valence-electron chi connectivity index (χ3n) is 3.21. The molecule has 0 saturated heterocycles. The van der Waals surface area contributed by atoms with Crippen LogP contribution in [0.1, 0.15) is 17.7 Å². The Bertz CT molecular complexity index is 516. The number of aromatic amines is 1. The van der Waals surface area contributed by atoms with Crippen LogP contribution in [0.3, 0.4) is 0 Å². The second-order valence-corrected chi connectivity index (χ2v) is 4.65. The monoisotopic (exact) mass is 220 g/mol. The molecule has 1 unspecified atom stereocenters. The first-order valence-corrected chi connectivity index (χ1v) is 5.67. The molecule has 1 atom stereocenters. The molecule has 0 saturated carbocycles. The molecule has 2 nitrogen and oxygen atoms in total. The van der Waals surface area contributed by atoms with Crippen molar-refractivity contribution in [1.29, 1.82) is 0 Å². The number of fused-ring (bicyclic) bond motifs is 3. The highest BCUT2D eigenvalue weighted by Crippen LogP contribution is 2.32. The minimum absolute atomic E-state index is 0.301. The van der Waals surface area contributed by atoms with Gasteiger partial charge in [0.15, 0.2) is 0 Å². The molecule has 15 heavy (non-hydrogen) atoms. The Morgan fingerprint density at radius 3 is 3.13 bits per heavy atom. The van der Waals surface area contributed by atoms with Crippen LogP contribution in [0.4, 0.5) is 0 Å². The molecule has 0 bridgehead atoms. The van der Waals surface area contributed by atoms with E-state index >= 15 is 0 Å². The third kappa shape index (κ3) is 1.36. The van der Waals surface area contributed by atoms with Gasteiger partial charge in [-0.05, 0) is 30.9 Å². The zero-order valence-electron chi connectivity index (χ0n) is 8.39. The first-order valence-electron chi connectivity index (χ1n) is 5.29. The Labute approximate surface area is 93.4 Å². The lowest BCUT2D eigenvalue weighted by atomic mass is 9.92. The van der Waals surface area contributed by atoms with Gasteiger partial charge in [0.1, 0.15) is 0 Å². The molecule has 0 fully saturated rings. The molecule has 1 heterocycles. The number of benzene rings is 1. The Kier molecular flexibility index (Phi) is 2.01. The Morgan fingerprint density at radius 1 is 1.40 bits per heavy atom. The highest BCUT2D eigenvalue weighted by Gasteiger charge is 2.20. The van der Waals surface area contributed by atoms with Crippen molar-refractivity contribution in [1.82, 2.24) is 4.98 Å². The summed E-state index contributed by atoms with van der Waals surface area (Å²) >= 11 is 6.15. The summed E-state index contributed by atoms with van der Waals surface area (Å²) in [7, 11) is 0. The van der Waals surface area contributed by atoms with Crippen molar-refractivity contribution >= 4 is 22.5 Å². The van der Waals surface area contributed by atoms with Gasteiger partial charge < -0.3 is 10.7 Å². The molecule has 3 heteroatoms. The number of halogens is 1. The highest BCUT2D eigenvalue weighted by molar-refractivity contribution is 6.35. The summed E-state index contributed by atoms with van der Waals surface area (Å²) in [5, 5.41) is 2.04. The molecule has 0 amide bonds. The van der Waals surface area contributed by atoms with E-state index in [4.69, 9.17) is 17.3 Å². The highest BCUT2D eigenvalue weighted by atomic mass is 35.5. The average molecular weight is 221 g/mol. The Balaban J connectivity index is 2.29. The van der Waals surface area contributed by atoms with E-state index in [1.807, 2.05) is 12.1 Å². The molecule has 1 aliphatic carbocycles. The van der Waals surface area contributed by atoms with Crippen LogP contribution in [0.2, 0.25) is 5.02 Å². The first-order chi connectivity index (χ1) is 7.25. The summed E-state index contributed by atoms with van der Waals surface area (Å²) in [6.45, 7) is 0. The lowest BCUT2D eigenvalue weighted by Gasteiger charge is -2.17. The minimum atomic E-state index is 0.301. The molecule has 1 aliphatic rings. The smallest absolute Gasteiger partial charge is 0.0648 e. The lowest BCUT2D eigenvalue weighted by molar-refractivity contribution is 0.574. The van der Waals surface area contributed by atoms with Crippen LogP contribution in [0.15, 0.2) is 18.2 Å². The van der Waals surface area contributed by atoms with E-state index in [1.54, 1.807) is 0 Å². The number of hydrogen-bond acceptors (Lipinski definition) is 1. The van der Waals surface area contributed by atoms with Crippen molar-refractivity contribution in [2.75, 3.05) is 0 Å². The van der Waals surface area contributed by atoms with Crippen molar-refractivity contribution < 1.29 is 0 Å².